The third-order valence-electron chi connectivity index (χ3n) is 3.07. The molecule has 1 aromatic carbocycles. The van der Waals surface area contributed by atoms with Crippen LogP contribution in [0.1, 0.15) is 12.5 Å². The second kappa shape index (κ2) is 6.37. The molecule has 0 bridgehead atoms. The molecule has 2 atom stereocenters. The van der Waals surface area contributed by atoms with Crippen molar-refractivity contribution >= 4 is 37.4 Å². The highest BCUT2D eigenvalue weighted by molar-refractivity contribution is 9.10. The second-order valence-corrected chi connectivity index (χ2v) is 8.10. The fraction of sp³-hybridized carbons (Fsp3) is 0.500. The van der Waals surface area contributed by atoms with Gasteiger partial charge in [-0.05, 0) is 38.1 Å². The van der Waals surface area contributed by atoms with Gasteiger partial charge in [-0.3, -0.25) is 0 Å². The minimum Gasteiger partial charge on any atom is -0.315 e. The van der Waals surface area contributed by atoms with Crippen molar-refractivity contribution in [2.24, 2.45) is 0 Å². The van der Waals surface area contributed by atoms with Crippen LogP contribution in [0, 0.1) is 0 Å². The lowest BCUT2D eigenvalue weighted by Crippen LogP contribution is -2.42. The zero-order chi connectivity index (χ0) is 13.9. The van der Waals surface area contributed by atoms with E-state index in [1.54, 1.807) is 14.0 Å². The molecule has 0 aliphatic carbocycles. The molecule has 0 amide bonds. The molecule has 0 aliphatic rings. The van der Waals surface area contributed by atoms with Crippen molar-refractivity contribution in [1.82, 2.24) is 5.32 Å². The molecule has 3 nitrogen and oxygen atoms in total. The summed E-state index contributed by atoms with van der Waals surface area (Å²) in [6.45, 7) is 1.71. The molecule has 18 heavy (non-hydrogen) atoms. The lowest BCUT2D eigenvalue weighted by molar-refractivity contribution is 0.516. The normalized spacial score (nSPS) is 15.4. The second-order valence-electron chi connectivity index (χ2n) is 4.37. The van der Waals surface area contributed by atoms with Crippen molar-refractivity contribution < 1.29 is 8.42 Å². The van der Waals surface area contributed by atoms with E-state index in [2.05, 4.69) is 21.2 Å². The third kappa shape index (κ3) is 4.23. The van der Waals surface area contributed by atoms with Crippen LogP contribution in [0.4, 0.5) is 0 Å². The van der Waals surface area contributed by atoms with Gasteiger partial charge in [-0.15, -0.1) is 0 Å². The fourth-order valence-electron chi connectivity index (χ4n) is 1.73. The SMILES string of the molecule is CNC(Cc1ccc(Br)cc1Cl)C(C)S(C)(=O)=O. The number of sulfone groups is 1. The zero-order valence-electron chi connectivity index (χ0n) is 10.6. The first-order valence-electron chi connectivity index (χ1n) is 5.55. The lowest BCUT2D eigenvalue weighted by atomic mass is 10.0. The molecule has 1 rings (SSSR count). The average Bonchev–Trinajstić information content (AvgIpc) is 2.26. The van der Waals surface area contributed by atoms with Gasteiger partial charge in [0.25, 0.3) is 0 Å². The quantitative estimate of drug-likeness (QED) is 0.884. The van der Waals surface area contributed by atoms with Crippen LogP contribution < -0.4 is 5.32 Å². The molecule has 6 heteroatoms. The summed E-state index contributed by atoms with van der Waals surface area (Å²) < 4.78 is 24.1. The summed E-state index contributed by atoms with van der Waals surface area (Å²) in [6, 6.07) is 5.47. The summed E-state index contributed by atoms with van der Waals surface area (Å²) in [5.41, 5.74) is 0.940. The number of halogens is 2. The van der Waals surface area contributed by atoms with E-state index in [4.69, 9.17) is 11.6 Å². The monoisotopic (exact) mass is 353 g/mol. The Morgan fingerprint density at radius 1 is 1.44 bits per heavy atom. The molecular formula is C12H17BrClNO2S. The number of nitrogens with one attached hydrogen (secondary N) is 1. The largest absolute Gasteiger partial charge is 0.315 e. The highest BCUT2D eigenvalue weighted by Crippen LogP contribution is 2.23. The maximum atomic E-state index is 11.6. The summed E-state index contributed by atoms with van der Waals surface area (Å²) in [6.07, 6.45) is 1.84. The van der Waals surface area contributed by atoms with Gasteiger partial charge in [-0.1, -0.05) is 33.6 Å². The third-order valence-corrected chi connectivity index (χ3v) is 5.59. The van der Waals surface area contributed by atoms with Gasteiger partial charge in [-0.2, -0.15) is 0 Å². The molecule has 0 saturated heterocycles. The van der Waals surface area contributed by atoms with Gasteiger partial charge in [0.1, 0.15) is 0 Å². The molecule has 2 unspecified atom stereocenters. The highest BCUT2D eigenvalue weighted by Gasteiger charge is 2.25. The predicted octanol–water partition coefficient (Wildman–Crippen LogP) is 2.67. The minimum atomic E-state index is -3.07. The van der Waals surface area contributed by atoms with Gasteiger partial charge in [-0.25, -0.2) is 8.42 Å². The topological polar surface area (TPSA) is 46.2 Å². The summed E-state index contributed by atoms with van der Waals surface area (Å²) >= 11 is 9.49. The van der Waals surface area contributed by atoms with E-state index in [0.717, 1.165) is 10.0 Å². The van der Waals surface area contributed by atoms with Crippen LogP contribution in [0.25, 0.3) is 0 Å². The van der Waals surface area contributed by atoms with E-state index in [1.807, 2.05) is 18.2 Å². The number of likely N-dealkylation sites (N-methyl/N-ethyl adjacent to an activating group) is 1. The number of benzene rings is 1. The van der Waals surface area contributed by atoms with Gasteiger partial charge in [0.2, 0.25) is 0 Å². The molecule has 0 spiro atoms. The molecule has 0 aromatic heterocycles. The first kappa shape index (κ1) is 16.0. The molecule has 1 aromatic rings. The average molecular weight is 355 g/mol. The van der Waals surface area contributed by atoms with Crippen molar-refractivity contribution in [3.63, 3.8) is 0 Å². The Kier molecular flexibility index (Phi) is 5.65. The molecule has 0 radical (unpaired) electrons. The van der Waals surface area contributed by atoms with Gasteiger partial charge < -0.3 is 5.32 Å². The van der Waals surface area contributed by atoms with Crippen molar-refractivity contribution in [3.05, 3.63) is 33.3 Å². The van der Waals surface area contributed by atoms with Crippen molar-refractivity contribution in [1.29, 1.82) is 0 Å². The van der Waals surface area contributed by atoms with E-state index >= 15 is 0 Å². The zero-order valence-corrected chi connectivity index (χ0v) is 13.7. The predicted molar refractivity (Wildman–Crippen MR) is 80.0 cm³/mol. The Balaban J connectivity index is 2.93. The summed E-state index contributed by atoms with van der Waals surface area (Å²) in [5, 5.41) is 3.24. The maximum absolute atomic E-state index is 11.6. The van der Waals surface area contributed by atoms with Gasteiger partial charge >= 0.3 is 0 Å². The fourth-order valence-corrected chi connectivity index (χ4v) is 3.30. The van der Waals surface area contributed by atoms with Crippen LogP contribution in [0.2, 0.25) is 5.02 Å². The molecule has 0 saturated carbocycles. The van der Waals surface area contributed by atoms with E-state index in [9.17, 15) is 8.42 Å². The summed E-state index contributed by atoms with van der Waals surface area (Å²) in [7, 11) is -1.31. The first-order chi connectivity index (χ1) is 8.25. The Morgan fingerprint density at radius 3 is 2.50 bits per heavy atom. The van der Waals surface area contributed by atoms with Crippen LogP contribution in [0.15, 0.2) is 22.7 Å². The smallest absolute Gasteiger partial charge is 0.151 e. The van der Waals surface area contributed by atoms with Crippen molar-refractivity contribution in [3.8, 4) is 0 Å². The van der Waals surface area contributed by atoms with Crippen LogP contribution in [0.5, 0.6) is 0 Å². The first-order valence-corrected chi connectivity index (χ1v) is 8.68. The molecule has 1 N–H and O–H groups in total. The van der Waals surface area contributed by atoms with E-state index in [-0.39, 0.29) is 6.04 Å². The molecular weight excluding hydrogens is 338 g/mol. The Bertz CT molecular complexity index is 519. The van der Waals surface area contributed by atoms with Gasteiger partial charge in [0, 0.05) is 21.8 Å². The Hall–Kier alpha value is -0.100. The molecule has 0 fully saturated rings. The van der Waals surface area contributed by atoms with E-state index in [0.29, 0.717) is 11.4 Å². The molecule has 0 aliphatic heterocycles. The number of hydrogen-bond acceptors (Lipinski definition) is 3. The Labute approximate surface area is 122 Å². The molecule has 102 valence electrons. The Morgan fingerprint density at radius 2 is 2.06 bits per heavy atom. The van der Waals surface area contributed by atoms with Crippen LogP contribution >= 0.6 is 27.5 Å². The minimum absolute atomic E-state index is 0.154. The summed E-state index contributed by atoms with van der Waals surface area (Å²) in [4.78, 5) is 0. The number of rotatable bonds is 5. The van der Waals surface area contributed by atoms with E-state index in [1.165, 1.54) is 6.26 Å². The van der Waals surface area contributed by atoms with Crippen LogP contribution in [-0.4, -0.2) is 33.0 Å². The standard InChI is InChI=1S/C12H17BrClNO2S/c1-8(18(3,16)17)12(15-2)6-9-4-5-10(13)7-11(9)14/h4-5,7-8,12,15H,6H2,1-3H3. The highest BCUT2D eigenvalue weighted by atomic mass is 79.9. The van der Waals surface area contributed by atoms with Crippen molar-refractivity contribution in [2.45, 2.75) is 24.6 Å². The van der Waals surface area contributed by atoms with Gasteiger partial charge in [0.05, 0.1) is 5.25 Å². The lowest BCUT2D eigenvalue weighted by Gasteiger charge is -2.22. The maximum Gasteiger partial charge on any atom is 0.151 e. The summed E-state index contributed by atoms with van der Waals surface area (Å²) in [5.74, 6) is 0. The van der Waals surface area contributed by atoms with Crippen molar-refractivity contribution in [2.75, 3.05) is 13.3 Å². The van der Waals surface area contributed by atoms with Crippen LogP contribution in [-0.2, 0) is 16.3 Å². The van der Waals surface area contributed by atoms with E-state index < -0.39 is 15.1 Å². The molecule has 0 heterocycles. The van der Waals surface area contributed by atoms with Gasteiger partial charge in [0.15, 0.2) is 9.84 Å². The van der Waals surface area contributed by atoms with Crippen LogP contribution in [0.3, 0.4) is 0 Å². The number of hydrogen-bond donors (Lipinski definition) is 1.